The molecular formula is C26H24BrN5O5. The second-order valence-corrected chi connectivity index (χ2v) is 9.03. The highest BCUT2D eigenvalue weighted by Crippen LogP contribution is 2.23. The standard InChI is InChI=1S/C26H24BrN5O5/c1-17-3-5-18(6-4-17)16-32-24(30-25(34)31(26(32)35)14-13-23(33)36-2)29-20-8-10-21(11-9-20)37-22-12-7-19(27)15-28-22/h3-12,15H,13-14,16H2,1-2H3,(H,29,30,34). The zero-order chi connectivity index (χ0) is 26.4. The maximum absolute atomic E-state index is 13.3. The van der Waals surface area contributed by atoms with Gasteiger partial charge in [0.05, 0.1) is 20.1 Å². The number of hydrogen-bond donors (Lipinski definition) is 1. The van der Waals surface area contributed by atoms with Gasteiger partial charge in [-0.1, -0.05) is 29.8 Å². The van der Waals surface area contributed by atoms with Gasteiger partial charge in [0.2, 0.25) is 11.8 Å². The van der Waals surface area contributed by atoms with Crippen molar-refractivity contribution in [1.29, 1.82) is 0 Å². The third-order valence-corrected chi connectivity index (χ3v) is 5.88. The monoisotopic (exact) mass is 565 g/mol. The van der Waals surface area contributed by atoms with E-state index in [9.17, 15) is 14.4 Å². The molecule has 0 radical (unpaired) electrons. The molecule has 0 aliphatic rings. The molecule has 37 heavy (non-hydrogen) atoms. The molecule has 0 amide bonds. The number of pyridine rings is 1. The van der Waals surface area contributed by atoms with E-state index in [0.29, 0.717) is 17.3 Å². The minimum absolute atomic E-state index is 0.0770. The van der Waals surface area contributed by atoms with Gasteiger partial charge in [-0.05, 0) is 58.7 Å². The molecule has 0 saturated carbocycles. The quantitative estimate of drug-likeness (QED) is 0.302. The average Bonchev–Trinajstić information content (AvgIpc) is 2.89. The minimum Gasteiger partial charge on any atom is -0.469 e. The SMILES string of the molecule is COC(=O)CCn1c(=O)nc(Nc2ccc(Oc3ccc(Br)cn3)cc2)n(Cc2ccc(C)cc2)c1=O. The summed E-state index contributed by atoms with van der Waals surface area (Å²) in [7, 11) is 1.25. The van der Waals surface area contributed by atoms with E-state index in [1.54, 1.807) is 36.5 Å². The van der Waals surface area contributed by atoms with Gasteiger partial charge in [0.15, 0.2) is 0 Å². The molecule has 2 aromatic heterocycles. The summed E-state index contributed by atoms with van der Waals surface area (Å²) >= 11 is 3.33. The molecule has 0 fully saturated rings. The number of ether oxygens (including phenoxy) is 2. The van der Waals surface area contributed by atoms with Gasteiger partial charge >= 0.3 is 17.3 Å². The summed E-state index contributed by atoms with van der Waals surface area (Å²) in [5, 5.41) is 3.06. The number of methoxy groups -OCH3 is 1. The zero-order valence-electron chi connectivity index (χ0n) is 20.2. The Bertz CT molecular complexity index is 1500. The highest BCUT2D eigenvalue weighted by molar-refractivity contribution is 9.10. The summed E-state index contributed by atoms with van der Waals surface area (Å²) in [5.74, 6) is 0.545. The Hall–Kier alpha value is -4.25. The van der Waals surface area contributed by atoms with E-state index in [-0.39, 0.29) is 25.5 Å². The Balaban J connectivity index is 1.62. The van der Waals surface area contributed by atoms with Crippen LogP contribution in [0.2, 0.25) is 0 Å². The van der Waals surface area contributed by atoms with Crippen LogP contribution in [0.15, 0.2) is 80.9 Å². The summed E-state index contributed by atoms with van der Waals surface area (Å²) in [6.45, 7) is 2.00. The van der Waals surface area contributed by atoms with Crippen LogP contribution < -0.4 is 21.4 Å². The number of esters is 1. The first-order valence-corrected chi connectivity index (χ1v) is 12.1. The average molecular weight is 566 g/mol. The molecule has 4 rings (SSSR count). The van der Waals surface area contributed by atoms with Crippen molar-refractivity contribution in [2.45, 2.75) is 26.4 Å². The molecule has 0 bridgehead atoms. The summed E-state index contributed by atoms with van der Waals surface area (Å²) in [5.41, 5.74) is 1.16. The number of anilines is 2. The van der Waals surface area contributed by atoms with E-state index < -0.39 is 17.3 Å². The lowest BCUT2D eigenvalue weighted by molar-refractivity contribution is -0.140. The van der Waals surface area contributed by atoms with Crippen LogP contribution in [0.1, 0.15) is 17.5 Å². The van der Waals surface area contributed by atoms with Gasteiger partial charge in [-0.3, -0.25) is 9.36 Å². The lowest BCUT2D eigenvalue weighted by Gasteiger charge is -2.16. The van der Waals surface area contributed by atoms with Gasteiger partial charge in [0.1, 0.15) is 5.75 Å². The molecule has 190 valence electrons. The number of carbonyl (C=O) groups is 1. The van der Waals surface area contributed by atoms with Crippen molar-refractivity contribution in [3.05, 3.63) is 103 Å². The smallest absolute Gasteiger partial charge is 0.354 e. The number of aromatic nitrogens is 4. The molecule has 10 nitrogen and oxygen atoms in total. The number of nitrogens with one attached hydrogen (secondary N) is 1. The molecule has 1 N–H and O–H groups in total. The van der Waals surface area contributed by atoms with E-state index in [2.05, 4.69) is 36.0 Å². The highest BCUT2D eigenvalue weighted by atomic mass is 79.9. The van der Waals surface area contributed by atoms with Crippen LogP contribution in [-0.4, -0.2) is 32.2 Å². The van der Waals surface area contributed by atoms with Gasteiger partial charge in [-0.2, -0.15) is 4.98 Å². The van der Waals surface area contributed by atoms with E-state index in [0.717, 1.165) is 20.2 Å². The lowest BCUT2D eigenvalue weighted by Crippen LogP contribution is -2.43. The van der Waals surface area contributed by atoms with Crippen LogP contribution in [0, 0.1) is 6.92 Å². The fraction of sp³-hybridized carbons (Fsp3) is 0.192. The number of benzene rings is 2. The highest BCUT2D eigenvalue weighted by Gasteiger charge is 2.15. The van der Waals surface area contributed by atoms with Crippen molar-refractivity contribution in [1.82, 2.24) is 19.1 Å². The summed E-state index contributed by atoms with van der Waals surface area (Å²) < 4.78 is 13.5. The second kappa shape index (κ2) is 11.7. The summed E-state index contributed by atoms with van der Waals surface area (Å²) in [4.78, 5) is 45.9. The third-order valence-electron chi connectivity index (χ3n) is 5.41. The molecule has 4 aromatic rings. The Morgan fingerprint density at radius 1 is 1.00 bits per heavy atom. The van der Waals surface area contributed by atoms with Crippen molar-refractivity contribution in [3.8, 4) is 11.6 Å². The molecule has 0 aliphatic heterocycles. The summed E-state index contributed by atoms with van der Waals surface area (Å²) in [6.07, 6.45) is 1.51. The third kappa shape index (κ3) is 6.70. The van der Waals surface area contributed by atoms with Gasteiger partial charge in [-0.25, -0.2) is 19.1 Å². The number of carbonyl (C=O) groups excluding carboxylic acids is 1. The maximum Gasteiger partial charge on any atom is 0.354 e. The molecule has 0 atom stereocenters. The van der Waals surface area contributed by atoms with E-state index >= 15 is 0 Å². The van der Waals surface area contributed by atoms with Gasteiger partial charge in [-0.15, -0.1) is 0 Å². The molecule has 0 unspecified atom stereocenters. The first-order valence-electron chi connectivity index (χ1n) is 11.3. The largest absolute Gasteiger partial charge is 0.469 e. The first kappa shape index (κ1) is 25.8. The number of rotatable bonds is 9. The molecule has 2 aromatic carbocycles. The summed E-state index contributed by atoms with van der Waals surface area (Å²) in [6, 6.07) is 18.2. The normalized spacial score (nSPS) is 10.7. The van der Waals surface area contributed by atoms with Gasteiger partial charge < -0.3 is 14.8 Å². The second-order valence-electron chi connectivity index (χ2n) is 8.12. The fourth-order valence-electron chi connectivity index (χ4n) is 3.42. The van der Waals surface area contributed by atoms with E-state index in [1.807, 2.05) is 37.3 Å². The van der Waals surface area contributed by atoms with E-state index in [1.165, 1.54) is 11.7 Å². The van der Waals surface area contributed by atoms with E-state index in [4.69, 9.17) is 4.74 Å². The molecule has 0 spiro atoms. The Morgan fingerprint density at radius 3 is 2.38 bits per heavy atom. The van der Waals surface area contributed by atoms with Gasteiger partial charge in [0.25, 0.3) is 0 Å². The number of nitrogens with zero attached hydrogens (tertiary/aromatic N) is 4. The first-order chi connectivity index (χ1) is 17.8. The Labute approximate surface area is 220 Å². The molecular weight excluding hydrogens is 542 g/mol. The predicted octanol–water partition coefficient (Wildman–Crippen LogP) is 4.02. The van der Waals surface area contributed by atoms with Crippen LogP contribution in [0.4, 0.5) is 11.6 Å². The molecule has 11 heteroatoms. The van der Waals surface area contributed by atoms with Crippen molar-refractivity contribution < 1.29 is 14.3 Å². The van der Waals surface area contributed by atoms with Crippen LogP contribution in [-0.2, 0) is 22.6 Å². The number of hydrogen-bond acceptors (Lipinski definition) is 8. The molecule has 2 heterocycles. The predicted molar refractivity (Wildman–Crippen MR) is 141 cm³/mol. The number of aryl methyl sites for hydroxylation is 1. The van der Waals surface area contributed by atoms with Crippen LogP contribution in [0.25, 0.3) is 0 Å². The topological polar surface area (TPSA) is 117 Å². The van der Waals surface area contributed by atoms with Crippen molar-refractivity contribution >= 4 is 33.5 Å². The van der Waals surface area contributed by atoms with Crippen molar-refractivity contribution in [2.24, 2.45) is 0 Å². The maximum atomic E-state index is 13.3. The van der Waals surface area contributed by atoms with Crippen LogP contribution >= 0.6 is 15.9 Å². The number of halogens is 1. The zero-order valence-corrected chi connectivity index (χ0v) is 21.8. The van der Waals surface area contributed by atoms with Crippen molar-refractivity contribution in [3.63, 3.8) is 0 Å². The van der Waals surface area contributed by atoms with Crippen molar-refractivity contribution in [2.75, 3.05) is 12.4 Å². The minimum atomic E-state index is -0.766. The Morgan fingerprint density at radius 2 is 1.73 bits per heavy atom. The van der Waals surface area contributed by atoms with Crippen LogP contribution in [0.5, 0.6) is 11.6 Å². The molecule has 0 aliphatic carbocycles. The molecule has 0 saturated heterocycles. The van der Waals surface area contributed by atoms with Crippen LogP contribution in [0.3, 0.4) is 0 Å². The lowest BCUT2D eigenvalue weighted by atomic mass is 10.1. The fourth-order valence-corrected chi connectivity index (χ4v) is 3.65. The van der Waals surface area contributed by atoms with Gasteiger partial charge in [0, 0.05) is 29.0 Å². The Kier molecular flexibility index (Phi) is 8.14.